The van der Waals surface area contributed by atoms with Crippen molar-refractivity contribution in [1.82, 2.24) is 15.2 Å². The highest BCUT2D eigenvalue weighted by molar-refractivity contribution is 7.99. The Labute approximate surface area is 179 Å². The van der Waals surface area contributed by atoms with Gasteiger partial charge in [-0.25, -0.2) is 9.37 Å². The minimum absolute atomic E-state index is 0.0858. The van der Waals surface area contributed by atoms with Crippen LogP contribution in [-0.2, 0) is 4.79 Å². The first-order valence-electron chi connectivity index (χ1n) is 8.73. The Hall–Kier alpha value is -3.24. The summed E-state index contributed by atoms with van der Waals surface area (Å²) in [4.78, 5) is 16.7. The molecular formula is C20H15FN4O3S2. The summed E-state index contributed by atoms with van der Waals surface area (Å²) in [6.07, 6.45) is 0. The van der Waals surface area contributed by atoms with Crippen LogP contribution in [0.5, 0.6) is 5.75 Å². The quantitative estimate of drug-likeness (QED) is 0.414. The van der Waals surface area contributed by atoms with Gasteiger partial charge < -0.3 is 14.5 Å². The fraction of sp³-hybridized carbons (Fsp3) is 0.100. The number of anilines is 1. The van der Waals surface area contributed by atoms with E-state index in [1.165, 1.54) is 23.5 Å². The lowest BCUT2D eigenvalue weighted by molar-refractivity contribution is -0.113. The predicted octanol–water partition coefficient (Wildman–Crippen LogP) is 4.74. The fourth-order valence-electron chi connectivity index (χ4n) is 2.49. The van der Waals surface area contributed by atoms with Crippen LogP contribution in [0.4, 0.5) is 9.52 Å². The molecule has 2 heterocycles. The average molecular weight is 442 g/mol. The SMILES string of the molecule is COc1ccc(-c2csc(NC(=O)CSc3nnc(-c4ccc(F)cc4)o3)n2)cc1. The zero-order valence-corrected chi connectivity index (χ0v) is 17.3. The minimum Gasteiger partial charge on any atom is -0.497 e. The molecular weight excluding hydrogens is 427 g/mol. The van der Waals surface area contributed by atoms with Crippen molar-refractivity contribution in [3.05, 3.63) is 59.7 Å². The topological polar surface area (TPSA) is 90.1 Å². The first-order valence-corrected chi connectivity index (χ1v) is 10.6. The molecule has 0 fully saturated rings. The lowest BCUT2D eigenvalue weighted by atomic mass is 10.2. The third kappa shape index (κ3) is 4.84. The van der Waals surface area contributed by atoms with Crippen LogP contribution in [0.2, 0.25) is 0 Å². The van der Waals surface area contributed by atoms with E-state index in [1.54, 1.807) is 19.2 Å². The highest BCUT2D eigenvalue weighted by Crippen LogP contribution is 2.27. The molecule has 0 bridgehead atoms. The van der Waals surface area contributed by atoms with Gasteiger partial charge in [0.05, 0.1) is 18.6 Å². The van der Waals surface area contributed by atoms with Crippen LogP contribution in [0.1, 0.15) is 0 Å². The summed E-state index contributed by atoms with van der Waals surface area (Å²) in [5.41, 5.74) is 2.31. The molecule has 0 spiro atoms. The van der Waals surface area contributed by atoms with Crippen LogP contribution < -0.4 is 10.1 Å². The van der Waals surface area contributed by atoms with E-state index in [2.05, 4.69) is 20.5 Å². The number of hydrogen-bond acceptors (Lipinski definition) is 8. The summed E-state index contributed by atoms with van der Waals surface area (Å²) in [5, 5.41) is 13.2. The molecule has 30 heavy (non-hydrogen) atoms. The Bertz CT molecular complexity index is 1140. The number of carbonyl (C=O) groups is 1. The number of thioether (sulfide) groups is 1. The molecule has 0 radical (unpaired) electrons. The van der Waals surface area contributed by atoms with Gasteiger partial charge in [0.25, 0.3) is 5.22 Å². The van der Waals surface area contributed by atoms with E-state index in [0.29, 0.717) is 10.7 Å². The molecule has 152 valence electrons. The maximum atomic E-state index is 13.0. The summed E-state index contributed by atoms with van der Waals surface area (Å²) in [7, 11) is 1.61. The third-order valence-corrected chi connectivity index (χ3v) is 5.54. The van der Waals surface area contributed by atoms with Crippen LogP contribution in [-0.4, -0.2) is 34.0 Å². The second kappa shape index (κ2) is 9.06. The van der Waals surface area contributed by atoms with E-state index in [0.717, 1.165) is 28.8 Å². The molecule has 7 nitrogen and oxygen atoms in total. The molecule has 0 aliphatic rings. The maximum Gasteiger partial charge on any atom is 0.277 e. The number of thiazole rings is 1. The van der Waals surface area contributed by atoms with E-state index >= 15 is 0 Å². The summed E-state index contributed by atoms with van der Waals surface area (Å²) < 4.78 is 23.7. The van der Waals surface area contributed by atoms with Crippen molar-refractivity contribution in [3.8, 4) is 28.5 Å². The van der Waals surface area contributed by atoms with Crippen molar-refractivity contribution in [2.45, 2.75) is 5.22 Å². The summed E-state index contributed by atoms with van der Waals surface area (Å²) in [6.45, 7) is 0. The Morgan fingerprint density at radius 3 is 2.60 bits per heavy atom. The largest absolute Gasteiger partial charge is 0.497 e. The lowest BCUT2D eigenvalue weighted by Crippen LogP contribution is -2.13. The Morgan fingerprint density at radius 2 is 1.87 bits per heavy atom. The second-order valence-corrected chi connectivity index (χ2v) is 7.77. The number of ether oxygens (including phenoxy) is 1. The van der Waals surface area contributed by atoms with Gasteiger partial charge in [-0.05, 0) is 48.5 Å². The van der Waals surface area contributed by atoms with Crippen molar-refractivity contribution in [3.63, 3.8) is 0 Å². The maximum absolute atomic E-state index is 13.0. The van der Waals surface area contributed by atoms with Crippen molar-refractivity contribution < 1.29 is 18.3 Å². The molecule has 0 aliphatic carbocycles. The molecule has 0 saturated carbocycles. The average Bonchev–Trinajstić information content (AvgIpc) is 3.43. The number of amides is 1. The van der Waals surface area contributed by atoms with E-state index in [-0.39, 0.29) is 28.6 Å². The van der Waals surface area contributed by atoms with Crippen LogP contribution in [0, 0.1) is 5.82 Å². The van der Waals surface area contributed by atoms with Gasteiger partial charge in [0.2, 0.25) is 11.8 Å². The first kappa shape index (κ1) is 20.0. The smallest absolute Gasteiger partial charge is 0.277 e. The lowest BCUT2D eigenvalue weighted by Gasteiger charge is -2.01. The Morgan fingerprint density at radius 1 is 1.13 bits per heavy atom. The van der Waals surface area contributed by atoms with Crippen molar-refractivity contribution in [2.24, 2.45) is 0 Å². The molecule has 4 aromatic rings. The standard InChI is InChI=1S/C20H15FN4O3S2/c1-27-15-8-4-12(5-9-15)16-10-29-19(22-16)23-17(26)11-30-20-25-24-18(28-20)13-2-6-14(21)7-3-13/h2-10H,11H2,1H3,(H,22,23,26). The molecule has 4 rings (SSSR count). The predicted molar refractivity (Wildman–Crippen MR) is 113 cm³/mol. The van der Waals surface area contributed by atoms with Gasteiger partial charge in [-0.15, -0.1) is 21.5 Å². The molecule has 1 N–H and O–H groups in total. The van der Waals surface area contributed by atoms with E-state index < -0.39 is 0 Å². The number of nitrogens with zero attached hydrogens (tertiary/aromatic N) is 3. The number of rotatable bonds is 7. The van der Waals surface area contributed by atoms with Crippen LogP contribution in [0.15, 0.2) is 63.6 Å². The second-order valence-electron chi connectivity index (χ2n) is 5.98. The molecule has 10 heteroatoms. The highest BCUT2D eigenvalue weighted by atomic mass is 32.2. The van der Waals surface area contributed by atoms with Gasteiger partial charge in [-0.2, -0.15) is 0 Å². The first-order chi connectivity index (χ1) is 14.6. The van der Waals surface area contributed by atoms with Crippen LogP contribution in [0.3, 0.4) is 0 Å². The van der Waals surface area contributed by atoms with Gasteiger partial charge in [0.1, 0.15) is 11.6 Å². The van der Waals surface area contributed by atoms with E-state index in [4.69, 9.17) is 9.15 Å². The summed E-state index contributed by atoms with van der Waals surface area (Å²) in [5.74, 6) is 0.534. The number of hydrogen-bond donors (Lipinski definition) is 1. The number of benzene rings is 2. The van der Waals surface area contributed by atoms with E-state index in [1.807, 2.05) is 29.6 Å². The van der Waals surface area contributed by atoms with Crippen LogP contribution >= 0.6 is 23.1 Å². The van der Waals surface area contributed by atoms with Gasteiger partial charge in [-0.1, -0.05) is 11.8 Å². The zero-order valence-electron chi connectivity index (χ0n) is 15.7. The molecule has 2 aromatic heterocycles. The molecule has 0 aliphatic heterocycles. The molecule has 1 amide bonds. The van der Waals surface area contributed by atoms with Crippen molar-refractivity contribution in [2.75, 3.05) is 18.2 Å². The van der Waals surface area contributed by atoms with Gasteiger partial charge in [0.15, 0.2) is 5.13 Å². The number of nitrogens with one attached hydrogen (secondary N) is 1. The van der Waals surface area contributed by atoms with Gasteiger partial charge in [0, 0.05) is 16.5 Å². The van der Waals surface area contributed by atoms with Gasteiger partial charge in [-0.3, -0.25) is 4.79 Å². The molecule has 2 aromatic carbocycles. The minimum atomic E-state index is -0.345. The normalized spacial score (nSPS) is 10.7. The molecule has 0 saturated heterocycles. The number of carbonyl (C=O) groups excluding carboxylic acids is 1. The third-order valence-electron chi connectivity index (χ3n) is 3.96. The highest BCUT2D eigenvalue weighted by Gasteiger charge is 2.13. The monoisotopic (exact) mass is 442 g/mol. The number of halogens is 1. The van der Waals surface area contributed by atoms with Gasteiger partial charge >= 0.3 is 0 Å². The number of methoxy groups -OCH3 is 1. The zero-order chi connectivity index (χ0) is 20.9. The Balaban J connectivity index is 1.32. The molecule has 0 atom stereocenters. The fourth-order valence-corrected chi connectivity index (χ4v) is 3.78. The van der Waals surface area contributed by atoms with Crippen LogP contribution in [0.25, 0.3) is 22.7 Å². The summed E-state index contributed by atoms with van der Waals surface area (Å²) >= 11 is 2.45. The van der Waals surface area contributed by atoms with Crippen molar-refractivity contribution >= 4 is 34.1 Å². The molecule has 0 unspecified atom stereocenters. The van der Waals surface area contributed by atoms with Crippen molar-refractivity contribution in [1.29, 1.82) is 0 Å². The Kier molecular flexibility index (Phi) is 6.05. The number of aromatic nitrogens is 3. The van der Waals surface area contributed by atoms with E-state index in [9.17, 15) is 9.18 Å². The summed E-state index contributed by atoms with van der Waals surface area (Å²) in [6, 6.07) is 13.2.